The van der Waals surface area contributed by atoms with Crippen LogP contribution in [0.4, 0.5) is 5.69 Å². The molecule has 0 aliphatic heterocycles. The molecule has 0 unspecified atom stereocenters. The molecule has 1 aromatic carbocycles. The summed E-state index contributed by atoms with van der Waals surface area (Å²) in [5.74, 6) is 0.915. The smallest absolute Gasteiger partial charge is 0.121 e. The minimum absolute atomic E-state index is 0.695. The second kappa shape index (κ2) is 5.32. The van der Waals surface area contributed by atoms with Crippen LogP contribution >= 0.6 is 0 Å². The average molecular weight is 191 g/mol. The minimum Gasteiger partial charge on any atom is -0.493 e. The van der Waals surface area contributed by atoms with Crippen LogP contribution < -0.4 is 9.64 Å². The largest absolute Gasteiger partial charge is 0.493 e. The highest BCUT2D eigenvalue weighted by molar-refractivity contribution is 5.49. The zero-order chi connectivity index (χ0) is 10.4. The van der Waals surface area contributed by atoms with E-state index in [1.165, 1.54) is 0 Å². The zero-order valence-corrected chi connectivity index (χ0v) is 8.86. The van der Waals surface area contributed by atoms with E-state index in [1.54, 1.807) is 0 Å². The number of nitrogens with zero attached hydrogens (tertiary/aromatic N) is 1. The molecule has 0 saturated heterocycles. The van der Waals surface area contributed by atoms with Crippen molar-refractivity contribution in [3.8, 4) is 5.75 Å². The topological polar surface area (TPSA) is 12.5 Å². The lowest BCUT2D eigenvalue weighted by Crippen LogP contribution is -2.08. The van der Waals surface area contributed by atoms with Gasteiger partial charge in [-0.3, -0.25) is 0 Å². The van der Waals surface area contributed by atoms with Crippen LogP contribution in [0.3, 0.4) is 0 Å². The van der Waals surface area contributed by atoms with Crippen molar-refractivity contribution < 1.29 is 4.74 Å². The van der Waals surface area contributed by atoms with Gasteiger partial charge in [-0.25, -0.2) is 0 Å². The van der Waals surface area contributed by atoms with Crippen molar-refractivity contribution in [2.24, 2.45) is 0 Å². The van der Waals surface area contributed by atoms with Gasteiger partial charge in [-0.15, -0.1) is 6.58 Å². The van der Waals surface area contributed by atoms with Crippen molar-refractivity contribution in [1.29, 1.82) is 0 Å². The van der Waals surface area contributed by atoms with Gasteiger partial charge >= 0.3 is 0 Å². The molecule has 0 spiro atoms. The summed E-state index contributed by atoms with van der Waals surface area (Å²) in [5, 5.41) is 0. The van der Waals surface area contributed by atoms with Crippen LogP contribution in [0.2, 0.25) is 0 Å². The summed E-state index contributed by atoms with van der Waals surface area (Å²) in [5.41, 5.74) is 1.15. The highest BCUT2D eigenvalue weighted by Crippen LogP contribution is 2.19. The Morgan fingerprint density at radius 2 is 2.21 bits per heavy atom. The Kier molecular flexibility index (Phi) is 4.05. The monoisotopic (exact) mass is 191 g/mol. The first-order valence-electron chi connectivity index (χ1n) is 4.75. The first-order chi connectivity index (χ1) is 6.74. The number of benzene rings is 1. The molecular weight excluding hydrogens is 174 g/mol. The Balaban J connectivity index is 2.59. The van der Waals surface area contributed by atoms with Crippen molar-refractivity contribution in [1.82, 2.24) is 0 Å². The summed E-state index contributed by atoms with van der Waals surface area (Å²) in [7, 11) is 4.03. The highest BCUT2D eigenvalue weighted by atomic mass is 16.5. The Morgan fingerprint density at radius 3 is 2.86 bits per heavy atom. The summed E-state index contributed by atoms with van der Waals surface area (Å²) in [6.45, 7) is 4.34. The summed E-state index contributed by atoms with van der Waals surface area (Å²) in [4.78, 5) is 2.06. The second-order valence-electron chi connectivity index (χ2n) is 3.32. The van der Waals surface area contributed by atoms with E-state index in [4.69, 9.17) is 4.74 Å². The Labute approximate surface area is 85.8 Å². The third kappa shape index (κ3) is 3.13. The van der Waals surface area contributed by atoms with Crippen LogP contribution in [0.25, 0.3) is 0 Å². The van der Waals surface area contributed by atoms with Crippen molar-refractivity contribution in [3.63, 3.8) is 0 Å². The Morgan fingerprint density at radius 1 is 1.43 bits per heavy atom. The molecule has 1 rings (SSSR count). The minimum atomic E-state index is 0.695. The molecule has 2 heteroatoms. The molecule has 14 heavy (non-hydrogen) atoms. The SMILES string of the molecule is C=CCCOc1cccc(N(C)C)c1. The quantitative estimate of drug-likeness (QED) is 0.524. The van der Waals surface area contributed by atoms with Gasteiger partial charge < -0.3 is 9.64 Å². The molecule has 76 valence electrons. The lowest BCUT2D eigenvalue weighted by atomic mass is 10.3. The summed E-state index contributed by atoms with van der Waals surface area (Å²) < 4.78 is 5.54. The summed E-state index contributed by atoms with van der Waals surface area (Å²) >= 11 is 0. The third-order valence-electron chi connectivity index (χ3n) is 1.92. The number of rotatable bonds is 5. The maximum absolute atomic E-state index is 5.54. The van der Waals surface area contributed by atoms with E-state index >= 15 is 0 Å². The fourth-order valence-corrected chi connectivity index (χ4v) is 1.11. The fourth-order valence-electron chi connectivity index (χ4n) is 1.11. The maximum atomic E-state index is 5.54. The van der Waals surface area contributed by atoms with Crippen molar-refractivity contribution in [2.45, 2.75) is 6.42 Å². The van der Waals surface area contributed by atoms with Crippen LogP contribution in [0.5, 0.6) is 5.75 Å². The average Bonchev–Trinajstić information content (AvgIpc) is 2.19. The molecule has 0 atom stereocenters. The van der Waals surface area contributed by atoms with Gasteiger partial charge in [-0.1, -0.05) is 12.1 Å². The summed E-state index contributed by atoms with van der Waals surface area (Å²) in [6.07, 6.45) is 2.74. The summed E-state index contributed by atoms with van der Waals surface area (Å²) in [6, 6.07) is 8.05. The Bertz CT molecular complexity index is 294. The zero-order valence-electron chi connectivity index (χ0n) is 8.86. The van der Waals surface area contributed by atoms with Crippen LogP contribution in [0.15, 0.2) is 36.9 Å². The predicted octanol–water partition coefficient (Wildman–Crippen LogP) is 2.71. The van der Waals surface area contributed by atoms with Gasteiger partial charge in [-0.05, 0) is 18.6 Å². The Hall–Kier alpha value is -1.44. The van der Waals surface area contributed by atoms with E-state index in [9.17, 15) is 0 Å². The van der Waals surface area contributed by atoms with E-state index in [1.807, 2.05) is 38.4 Å². The van der Waals surface area contributed by atoms with E-state index in [2.05, 4.69) is 17.5 Å². The van der Waals surface area contributed by atoms with Crippen LogP contribution in [-0.4, -0.2) is 20.7 Å². The van der Waals surface area contributed by atoms with Gasteiger partial charge in [-0.2, -0.15) is 0 Å². The molecule has 0 aromatic heterocycles. The van der Waals surface area contributed by atoms with E-state index < -0.39 is 0 Å². The highest BCUT2D eigenvalue weighted by Gasteiger charge is 1.97. The third-order valence-corrected chi connectivity index (χ3v) is 1.92. The molecule has 0 radical (unpaired) electrons. The number of hydrogen-bond acceptors (Lipinski definition) is 2. The first kappa shape index (κ1) is 10.6. The number of anilines is 1. The molecule has 0 saturated carbocycles. The molecule has 0 aliphatic carbocycles. The molecule has 0 N–H and O–H groups in total. The molecule has 1 aromatic rings. The second-order valence-corrected chi connectivity index (χ2v) is 3.32. The molecule has 0 bridgehead atoms. The van der Waals surface area contributed by atoms with E-state index in [0.717, 1.165) is 17.9 Å². The molecule has 0 amide bonds. The number of hydrogen-bond donors (Lipinski definition) is 0. The van der Waals surface area contributed by atoms with Crippen molar-refractivity contribution >= 4 is 5.69 Å². The van der Waals surface area contributed by atoms with Crippen molar-refractivity contribution in [3.05, 3.63) is 36.9 Å². The van der Waals surface area contributed by atoms with Gasteiger partial charge in [0.15, 0.2) is 0 Å². The van der Waals surface area contributed by atoms with Gasteiger partial charge in [0.25, 0.3) is 0 Å². The lowest BCUT2D eigenvalue weighted by Gasteiger charge is -2.13. The fraction of sp³-hybridized carbons (Fsp3) is 0.333. The first-order valence-corrected chi connectivity index (χ1v) is 4.75. The van der Waals surface area contributed by atoms with E-state index in [-0.39, 0.29) is 0 Å². The number of ether oxygens (including phenoxy) is 1. The molecule has 2 nitrogen and oxygen atoms in total. The standard InChI is InChI=1S/C12H17NO/c1-4-5-9-14-12-8-6-7-11(10-12)13(2)3/h4,6-8,10H,1,5,9H2,2-3H3. The molecule has 0 heterocycles. The molecular formula is C12H17NO. The molecule has 0 fully saturated rings. The van der Waals surface area contributed by atoms with Gasteiger partial charge in [0, 0.05) is 25.8 Å². The maximum Gasteiger partial charge on any atom is 0.121 e. The molecule has 0 aliphatic rings. The lowest BCUT2D eigenvalue weighted by molar-refractivity contribution is 0.325. The predicted molar refractivity (Wildman–Crippen MR) is 61.1 cm³/mol. The van der Waals surface area contributed by atoms with Crippen LogP contribution in [-0.2, 0) is 0 Å². The van der Waals surface area contributed by atoms with Crippen LogP contribution in [0, 0.1) is 0 Å². The van der Waals surface area contributed by atoms with Gasteiger partial charge in [0.05, 0.1) is 6.61 Å². The van der Waals surface area contributed by atoms with Crippen molar-refractivity contribution in [2.75, 3.05) is 25.6 Å². The van der Waals surface area contributed by atoms with Gasteiger partial charge in [0.1, 0.15) is 5.75 Å². The van der Waals surface area contributed by atoms with Crippen LogP contribution in [0.1, 0.15) is 6.42 Å². The van der Waals surface area contributed by atoms with Gasteiger partial charge in [0.2, 0.25) is 0 Å². The normalized spacial score (nSPS) is 9.57. The van der Waals surface area contributed by atoms with E-state index in [0.29, 0.717) is 6.61 Å².